The maximum Gasteiger partial charge on any atom is 0.0331 e. The van der Waals surface area contributed by atoms with E-state index in [0.29, 0.717) is 17.3 Å². The summed E-state index contributed by atoms with van der Waals surface area (Å²) in [4.78, 5) is 0. The number of rotatable bonds is 3. The van der Waals surface area contributed by atoms with Crippen molar-refractivity contribution in [1.82, 2.24) is 5.32 Å². The van der Waals surface area contributed by atoms with E-state index in [1.54, 1.807) is 0 Å². The van der Waals surface area contributed by atoms with Gasteiger partial charge in [-0.2, -0.15) is 11.8 Å². The summed E-state index contributed by atoms with van der Waals surface area (Å²) in [7, 11) is 0. The first-order valence-corrected chi connectivity index (χ1v) is 7.56. The van der Waals surface area contributed by atoms with E-state index in [4.69, 9.17) is 5.73 Å². The van der Waals surface area contributed by atoms with Gasteiger partial charge in [0.15, 0.2) is 0 Å². The summed E-state index contributed by atoms with van der Waals surface area (Å²) in [6.07, 6.45) is 1.23. The molecule has 0 saturated carbocycles. The zero-order valence-corrected chi connectivity index (χ0v) is 12.4. The standard InChI is InChI=1S/C15H24N2S/c1-15(2,3)18-13-8-14(17-10-13)12-6-4-11(9-16)5-7-12/h4-7,13-14,17H,8-10,16H2,1-3H3. The molecule has 1 aromatic carbocycles. The molecule has 1 aromatic rings. The molecule has 0 aromatic heterocycles. The van der Waals surface area contributed by atoms with Gasteiger partial charge in [0.1, 0.15) is 0 Å². The van der Waals surface area contributed by atoms with Crippen LogP contribution in [-0.4, -0.2) is 16.5 Å². The second kappa shape index (κ2) is 5.64. The molecule has 0 spiro atoms. The van der Waals surface area contributed by atoms with Crippen LogP contribution in [0.5, 0.6) is 0 Å². The topological polar surface area (TPSA) is 38.0 Å². The Morgan fingerprint density at radius 1 is 1.28 bits per heavy atom. The van der Waals surface area contributed by atoms with Gasteiger partial charge in [-0.25, -0.2) is 0 Å². The zero-order valence-electron chi connectivity index (χ0n) is 11.6. The molecular weight excluding hydrogens is 240 g/mol. The van der Waals surface area contributed by atoms with Gasteiger partial charge in [0.05, 0.1) is 0 Å². The minimum Gasteiger partial charge on any atom is -0.326 e. The van der Waals surface area contributed by atoms with Gasteiger partial charge >= 0.3 is 0 Å². The molecule has 0 bridgehead atoms. The summed E-state index contributed by atoms with van der Waals surface area (Å²) < 4.78 is 0.352. The third-order valence-electron chi connectivity index (χ3n) is 3.23. The number of nitrogens with two attached hydrogens (primary N) is 1. The summed E-state index contributed by atoms with van der Waals surface area (Å²) in [5.74, 6) is 0. The van der Waals surface area contributed by atoms with Crippen LogP contribution in [0.1, 0.15) is 44.4 Å². The summed E-state index contributed by atoms with van der Waals surface area (Å²) in [6, 6.07) is 9.22. The molecule has 3 N–H and O–H groups in total. The van der Waals surface area contributed by atoms with Crippen molar-refractivity contribution in [2.75, 3.05) is 6.54 Å². The van der Waals surface area contributed by atoms with Crippen LogP contribution in [0.2, 0.25) is 0 Å². The molecule has 1 saturated heterocycles. The van der Waals surface area contributed by atoms with Crippen LogP contribution < -0.4 is 11.1 Å². The molecule has 3 heteroatoms. The molecule has 2 atom stereocenters. The van der Waals surface area contributed by atoms with Gasteiger partial charge in [0, 0.05) is 29.1 Å². The van der Waals surface area contributed by atoms with E-state index < -0.39 is 0 Å². The largest absolute Gasteiger partial charge is 0.326 e. The zero-order chi connectivity index (χ0) is 13.2. The molecule has 0 aliphatic carbocycles. The lowest BCUT2D eigenvalue weighted by molar-refractivity contribution is 0.647. The van der Waals surface area contributed by atoms with Crippen LogP contribution >= 0.6 is 11.8 Å². The highest BCUT2D eigenvalue weighted by molar-refractivity contribution is 8.01. The van der Waals surface area contributed by atoms with E-state index in [2.05, 4.69) is 62.1 Å². The summed E-state index contributed by atoms with van der Waals surface area (Å²) in [5, 5.41) is 4.36. The predicted molar refractivity (Wildman–Crippen MR) is 80.8 cm³/mol. The van der Waals surface area contributed by atoms with E-state index in [0.717, 1.165) is 11.8 Å². The van der Waals surface area contributed by atoms with E-state index in [1.807, 2.05) is 0 Å². The van der Waals surface area contributed by atoms with Gasteiger partial charge in [0.2, 0.25) is 0 Å². The van der Waals surface area contributed by atoms with E-state index in [1.165, 1.54) is 17.5 Å². The first-order chi connectivity index (χ1) is 8.48. The van der Waals surface area contributed by atoms with Gasteiger partial charge in [-0.15, -0.1) is 0 Å². The van der Waals surface area contributed by atoms with E-state index >= 15 is 0 Å². The second-order valence-corrected chi connectivity index (χ2v) is 8.12. The van der Waals surface area contributed by atoms with Crippen molar-refractivity contribution < 1.29 is 0 Å². The number of thioether (sulfide) groups is 1. The SMILES string of the molecule is CC(C)(C)SC1CNC(c2ccc(CN)cc2)C1. The molecule has 2 rings (SSSR count). The lowest BCUT2D eigenvalue weighted by Gasteiger charge is -2.22. The Labute approximate surface area is 115 Å². The first-order valence-electron chi connectivity index (χ1n) is 6.68. The normalized spacial score (nSPS) is 24.4. The Hall–Kier alpha value is -0.510. The van der Waals surface area contributed by atoms with Crippen molar-refractivity contribution in [2.45, 2.75) is 49.8 Å². The molecule has 0 amide bonds. The number of hydrogen-bond acceptors (Lipinski definition) is 3. The maximum atomic E-state index is 5.63. The van der Waals surface area contributed by atoms with Gasteiger partial charge < -0.3 is 11.1 Å². The molecule has 2 unspecified atom stereocenters. The van der Waals surface area contributed by atoms with Crippen LogP contribution in [0.4, 0.5) is 0 Å². The van der Waals surface area contributed by atoms with Gasteiger partial charge in [-0.3, -0.25) is 0 Å². The van der Waals surface area contributed by atoms with Crippen molar-refractivity contribution in [1.29, 1.82) is 0 Å². The van der Waals surface area contributed by atoms with Crippen molar-refractivity contribution in [3.63, 3.8) is 0 Å². The Balaban J connectivity index is 1.95. The average molecular weight is 264 g/mol. The highest BCUT2D eigenvalue weighted by Gasteiger charge is 2.28. The fourth-order valence-electron chi connectivity index (χ4n) is 2.43. The Kier molecular flexibility index (Phi) is 4.36. The highest BCUT2D eigenvalue weighted by Crippen LogP contribution is 2.36. The van der Waals surface area contributed by atoms with Crippen LogP contribution in [0.25, 0.3) is 0 Å². The van der Waals surface area contributed by atoms with Gasteiger partial charge in [-0.1, -0.05) is 45.0 Å². The number of nitrogens with one attached hydrogen (secondary N) is 1. The van der Waals surface area contributed by atoms with Crippen molar-refractivity contribution in [3.8, 4) is 0 Å². The molecule has 0 radical (unpaired) electrons. The van der Waals surface area contributed by atoms with E-state index in [9.17, 15) is 0 Å². The van der Waals surface area contributed by atoms with Gasteiger partial charge in [0.25, 0.3) is 0 Å². The lowest BCUT2D eigenvalue weighted by Crippen LogP contribution is -2.18. The lowest BCUT2D eigenvalue weighted by atomic mass is 10.0. The average Bonchev–Trinajstić information content (AvgIpc) is 2.75. The summed E-state index contributed by atoms with van der Waals surface area (Å²) >= 11 is 2.09. The van der Waals surface area contributed by atoms with Crippen LogP contribution in [0.3, 0.4) is 0 Å². The van der Waals surface area contributed by atoms with Crippen molar-refractivity contribution in [2.24, 2.45) is 5.73 Å². The molecule has 2 nitrogen and oxygen atoms in total. The van der Waals surface area contributed by atoms with Crippen LogP contribution in [0, 0.1) is 0 Å². The maximum absolute atomic E-state index is 5.63. The first kappa shape index (κ1) is 13.9. The number of hydrogen-bond donors (Lipinski definition) is 2. The fraction of sp³-hybridized carbons (Fsp3) is 0.600. The second-order valence-electron chi connectivity index (χ2n) is 5.99. The van der Waals surface area contributed by atoms with E-state index in [-0.39, 0.29) is 0 Å². The van der Waals surface area contributed by atoms with Gasteiger partial charge in [-0.05, 0) is 17.5 Å². The molecular formula is C15H24N2S. The molecule has 1 heterocycles. The van der Waals surface area contributed by atoms with Crippen molar-refractivity contribution >= 4 is 11.8 Å². The Morgan fingerprint density at radius 3 is 2.50 bits per heavy atom. The fourth-order valence-corrected chi connectivity index (χ4v) is 3.90. The molecule has 100 valence electrons. The molecule has 1 aliphatic heterocycles. The highest BCUT2D eigenvalue weighted by atomic mass is 32.2. The summed E-state index contributed by atoms with van der Waals surface area (Å²) in [6.45, 7) is 8.62. The van der Waals surface area contributed by atoms with Crippen molar-refractivity contribution in [3.05, 3.63) is 35.4 Å². The molecule has 18 heavy (non-hydrogen) atoms. The Bertz CT molecular complexity index is 380. The molecule has 1 fully saturated rings. The summed E-state index contributed by atoms with van der Waals surface area (Å²) in [5.41, 5.74) is 8.22. The van der Waals surface area contributed by atoms with Crippen LogP contribution in [-0.2, 0) is 6.54 Å². The predicted octanol–water partition coefficient (Wildman–Crippen LogP) is 3.08. The van der Waals surface area contributed by atoms with Crippen LogP contribution in [0.15, 0.2) is 24.3 Å². The third-order valence-corrected chi connectivity index (χ3v) is 4.63. The number of benzene rings is 1. The monoisotopic (exact) mass is 264 g/mol. The minimum atomic E-state index is 0.352. The molecule has 1 aliphatic rings. The Morgan fingerprint density at radius 2 is 1.94 bits per heavy atom. The quantitative estimate of drug-likeness (QED) is 0.881. The minimum absolute atomic E-state index is 0.352. The third kappa shape index (κ3) is 3.74. The smallest absolute Gasteiger partial charge is 0.0331 e.